The van der Waals surface area contributed by atoms with Crippen LogP contribution in [0.25, 0.3) is 0 Å². The third-order valence-electron chi connectivity index (χ3n) is 6.22. The molecule has 2 aliphatic heterocycles. The lowest BCUT2D eigenvalue weighted by atomic mass is 9.89. The lowest BCUT2D eigenvalue weighted by molar-refractivity contribution is 0.0302. The number of benzene rings is 2. The number of hydrogen-bond acceptors (Lipinski definition) is 3. The molecular formula is C25H30N2O3. The molecule has 0 spiro atoms. The van der Waals surface area contributed by atoms with E-state index in [0.29, 0.717) is 32.8 Å². The van der Waals surface area contributed by atoms with Crippen LogP contribution in [-0.4, -0.2) is 61.0 Å². The van der Waals surface area contributed by atoms with E-state index in [1.165, 1.54) is 5.56 Å². The molecule has 5 heteroatoms. The van der Waals surface area contributed by atoms with Crippen molar-refractivity contribution < 1.29 is 14.3 Å². The number of ether oxygens (including phenoxy) is 1. The molecular weight excluding hydrogens is 376 g/mol. The van der Waals surface area contributed by atoms with Crippen molar-refractivity contribution in [2.75, 3.05) is 39.4 Å². The fourth-order valence-electron chi connectivity index (χ4n) is 4.37. The molecule has 0 bridgehead atoms. The topological polar surface area (TPSA) is 49.9 Å². The molecule has 2 aliphatic rings. The van der Waals surface area contributed by atoms with Gasteiger partial charge in [0, 0.05) is 43.2 Å². The predicted molar refractivity (Wildman–Crippen MR) is 117 cm³/mol. The highest BCUT2D eigenvalue weighted by Crippen LogP contribution is 2.28. The summed E-state index contributed by atoms with van der Waals surface area (Å²) in [5.74, 6) is 0.429. The van der Waals surface area contributed by atoms with Gasteiger partial charge in [0.05, 0.1) is 13.2 Å². The number of hydrogen-bond donors (Lipinski definition) is 0. The van der Waals surface area contributed by atoms with E-state index in [-0.39, 0.29) is 17.7 Å². The molecule has 0 N–H and O–H groups in total. The molecule has 2 aromatic carbocycles. The summed E-state index contributed by atoms with van der Waals surface area (Å²) in [5, 5.41) is 0. The Balaban J connectivity index is 1.46. The normalized spacial score (nSPS) is 19.6. The maximum atomic E-state index is 13.0. The Labute approximate surface area is 178 Å². The molecule has 0 unspecified atom stereocenters. The van der Waals surface area contributed by atoms with Gasteiger partial charge in [0.1, 0.15) is 0 Å². The average molecular weight is 407 g/mol. The zero-order chi connectivity index (χ0) is 20.9. The number of amides is 2. The Bertz CT molecular complexity index is 888. The number of nitrogens with zero attached hydrogens (tertiary/aromatic N) is 2. The minimum Gasteiger partial charge on any atom is -0.378 e. The molecule has 0 saturated carbocycles. The van der Waals surface area contributed by atoms with E-state index in [9.17, 15) is 9.59 Å². The van der Waals surface area contributed by atoms with Gasteiger partial charge in [-0.15, -0.1) is 0 Å². The van der Waals surface area contributed by atoms with Crippen molar-refractivity contribution in [3.8, 4) is 0 Å². The van der Waals surface area contributed by atoms with E-state index in [2.05, 4.69) is 13.0 Å². The van der Waals surface area contributed by atoms with Gasteiger partial charge >= 0.3 is 0 Å². The third kappa shape index (κ3) is 4.57. The number of rotatable bonds is 4. The van der Waals surface area contributed by atoms with Gasteiger partial charge in [-0.1, -0.05) is 31.2 Å². The van der Waals surface area contributed by atoms with Crippen molar-refractivity contribution >= 4 is 11.8 Å². The van der Waals surface area contributed by atoms with E-state index < -0.39 is 0 Å². The third-order valence-corrected chi connectivity index (χ3v) is 6.22. The Hall–Kier alpha value is -2.66. The first-order chi connectivity index (χ1) is 14.7. The quantitative estimate of drug-likeness (QED) is 0.777. The predicted octanol–water partition coefficient (Wildman–Crippen LogP) is 3.74. The van der Waals surface area contributed by atoms with Gasteiger partial charge in [-0.05, 0) is 54.7 Å². The number of carbonyl (C=O) groups excluding carboxylic acids is 2. The van der Waals surface area contributed by atoms with Crippen LogP contribution in [0.4, 0.5) is 0 Å². The number of carbonyl (C=O) groups is 2. The van der Waals surface area contributed by atoms with Crippen LogP contribution >= 0.6 is 0 Å². The Morgan fingerprint density at radius 3 is 2.40 bits per heavy atom. The summed E-state index contributed by atoms with van der Waals surface area (Å²) < 4.78 is 5.36. The van der Waals surface area contributed by atoms with Crippen molar-refractivity contribution in [2.45, 2.75) is 32.1 Å². The molecule has 0 aromatic heterocycles. The Kier molecular flexibility index (Phi) is 6.48. The number of piperidine rings is 1. The van der Waals surface area contributed by atoms with Gasteiger partial charge < -0.3 is 14.5 Å². The highest BCUT2D eigenvalue weighted by atomic mass is 16.5. The molecule has 0 radical (unpaired) electrons. The number of aryl methyl sites for hydroxylation is 1. The zero-order valence-corrected chi connectivity index (χ0v) is 17.7. The van der Waals surface area contributed by atoms with Gasteiger partial charge in [0.2, 0.25) is 0 Å². The molecule has 2 fully saturated rings. The molecule has 5 nitrogen and oxygen atoms in total. The van der Waals surface area contributed by atoms with E-state index in [0.717, 1.165) is 42.5 Å². The summed E-state index contributed by atoms with van der Waals surface area (Å²) in [7, 11) is 0. The summed E-state index contributed by atoms with van der Waals surface area (Å²) in [5.41, 5.74) is 3.87. The van der Waals surface area contributed by atoms with Gasteiger partial charge in [0.25, 0.3) is 11.8 Å². The lowest BCUT2D eigenvalue weighted by Crippen LogP contribution is -2.41. The first-order valence-electron chi connectivity index (χ1n) is 11.0. The van der Waals surface area contributed by atoms with Crippen LogP contribution in [0.15, 0.2) is 48.5 Å². The largest absolute Gasteiger partial charge is 0.378 e. The molecule has 2 aromatic rings. The van der Waals surface area contributed by atoms with Crippen LogP contribution < -0.4 is 0 Å². The zero-order valence-electron chi connectivity index (χ0n) is 17.7. The van der Waals surface area contributed by atoms with E-state index in [4.69, 9.17) is 4.74 Å². The Morgan fingerprint density at radius 1 is 0.933 bits per heavy atom. The molecule has 30 heavy (non-hydrogen) atoms. The first-order valence-corrected chi connectivity index (χ1v) is 11.0. The summed E-state index contributed by atoms with van der Waals surface area (Å²) >= 11 is 0. The van der Waals surface area contributed by atoms with Crippen molar-refractivity contribution in [3.63, 3.8) is 0 Å². The fourth-order valence-corrected chi connectivity index (χ4v) is 4.37. The minimum absolute atomic E-state index is 0.0694. The van der Waals surface area contributed by atoms with E-state index in [1.54, 1.807) is 0 Å². The maximum absolute atomic E-state index is 13.0. The number of likely N-dealkylation sites (tertiary alicyclic amines) is 1. The van der Waals surface area contributed by atoms with Gasteiger partial charge in [-0.25, -0.2) is 0 Å². The fraction of sp³-hybridized carbons (Fsp3) is 0.440. The standard InChI is InChI=1S/C25H30N2O3/c1-2-19-8-10-20(11-9-19)24(28)27-12-4-7-23(18-27)21-5-3-6-22(17-21)25(29)26-13-15-30-16-14-26/h3,5-6,8-11,17,23H,2,4,7,12-16,18H2,1H3/t23-/m0/s1. The second-order valence-electron chi connectivity index (χ2n) is 8.17. The van der Waals surface area contributed by atoms with Crippen LogP contribution in [0.5, 0.6) is 0 Å². The van der Waals surface area contributed by atoms with Gasteiger partial charge in [-0.2, -0.15) is 0 Å². The molecule has 2 amide bonds. The molecule has 2 saturated heterocycles. The van der Waals surface area contributed by atoms with Crippen LogP contribution in [0.3, 0.4) is 0 Å². The summed E-state index contributed by atoms with van der Waals surface area (Å²) in [6, 6.07) is 15.9. The summed E-state index contributed by atoms with van der Waals surface area (Å²) in [6.07, 6.45) is 2.98. The van der Waals surface area contributed by atoms with Crippen LogP contribution in [-0.2, 0) is 11.2 Å². The van der Waals surface area contributed by atoms with Gasteiger partial charge in [-0.3, -0.25) is 9.59 Å². The molecule has 2 heterocycles. The number of morpholine rings is 1. The summed E-state index contributed by atoms with van der Waals surface area (Å²) in [6.45, 7) is 6.09. The Morgan fingerprint density at radius 2 is 1.67 bits per heavy atom. The van der Waals surface area contributed by atoms with Crippen molar-refractivity contribution in [3.05, 3.63) is 70.8 Å². The maximum Gasteiger partial charge on any atom is 0.254 e. The highest BCUT2D eigenvalue weighted by molar-refractivity contribution is 5.95. The summed E-state index contributed by atoms with van der Waals surface area (Å²) in [4.78, 5) is 29.7. The second kappa shape index (κ2) is 9.43. The monoisotopic (exact) mass is 406 g/mol. The minimum atomic E-state index is 0.0694. The molecule has 1 atom stereocenters. The van der Waals surface area contributed by atoms with Crippen LogP contribution in [0.1, 0.15) is 57.5 Å². The molecule has 158 valence electrons. The van der Waals surface area contributed by atoms with Crippen molar-refractivity contribution in [2.24, 2.45) is 0 Å². The van der Waals surface area contributed by atoms with Crippen molar-refractivity contribution in [1.82, 2.24) is 9.80 Å². The SMILES string of the molecule is CCc1ccc(C(=O)N2CCC[C@H](c3cccc(C(=O)N4CCOCC4)c3)C2)cc1. The van der Waals surface area contributed by atoms with Crippen LogP contribution in [0.2, 0.25) is 0 Å². The first kappa shape index (κ1) is 20.6. The lowest BCUT2D eigenvalue weighted by Gasteiger charge is -2.33. The van der Waals surface area contributed by atoms with E-state index in [1.807, 2.05) is 52.3 Å². The molecule has 4 rings (SSSR count). The van der Waals surface area contributed by atoms with Crippen LogP contribution in [0, 0.1) is 0 Å². The highest BCUT2D eigenvalue weighted by Gasteiger charge is 2.26. The smallest absolute Gasteiger partial charge is 0.254 e. The van der Waals surface area contributed by atoms with Crippen molar-refractivity contribution in [1.29, 1.82) is 0 Å². The molecule has 0 aliphatic carbocycles. The average Bonchev–Trinajstić information content (AvgIpc) is 2.84. The van der Waals surface area contributed by atoms with Gasteiger partial charge in [0.15, 0.2) is 0 Å². The second-order valence-corrected chi connectivity index (χ2v) is 8.17. The van der Waals surface area contributed by atoms with E-state index >= 15 is 0 Å².